The first kappa shape index (κ1) is 23.6. The number of aromatic nitrogens is 1. The number of carbonyl (C=O) groups is 1. The van der Waals surface area contributed by atoms with E-state index in [0.717, 1.165) is 34.8 Å². The van der Waals surface area contributed by atoms with E-state index >= 15 is 0 Å². The number of carboxylic acids is 1. The van der Waals surface area contributed by atoms with Crippen molar-refractivity contribution in [1.29, 1.82) is 0 Å². The van der Waals surface area contributed by atoms with Crippen molar-refractivity contribution < 1.29 is 23.4 Å². The Morgan fingerprint density at radius 3 is 2.67 bits per heavy atom. The Balaban J connectivity index is 1.28. The number of halogens is 2. The highest BCUT2D eigenvalue weighted by molar-refractivity contribution is 5.94. The molecule has 1 unspecified atom stereocenters. The monoisotopic (exact) mass is 492 g/mol. The molecule has 5 rings (SSSR count). The molecule has 3 heterocycles. The zero-order chi connectivity index (χ0) is 25.3. The third-order valence-electron chi connectivity index (χ3n) is 6.54. The van der Waals surface area contributed by atoms with Crippen molar-refractivity contribution >= 4 is 28.7 Å². The van der Waals surface area contributed by atoms with E-state index in [4.69, 9.17) is 4.74 Å². The highest BCUT2D eigenvalue weighted by Crippen LogP contribution is 2.39. The van der Waals surface area contributed by atoms with Crippen LogP contribution in [-0.2, 0) is 0 Å². The molecule has 0 radical (unpaired) electrons. The molecule has 2 N–H and O–H groups in total. The molecule has 2 aliphatic heterocycles. The van der Waals surface area contributed by atoms with Crippen LogP contribution in [0.15, 0.2) is 73.2 Å². The number of fused-ring (bicyclic) bond motifs is 1. The fourth-order valence-corrected chi connectivity index (χ4v) is 4.50. The van der Waals surface area contributed by atoms with E-state index in [1.54, 1.807) is 11.1 Å². The van der Waals surface area contributed by atoms with Gasteiger partial charge in [0.2, 0.25) is 0 Å². The third-order valence-corrected chi connectivity index (χ3v) is 6.54. The second kappa shape index (κ2) is 9.49. The summed E-state index contributed by atoms with van der Waals surface area (Å²) < 4.78 is 32.3. The summed E-state index contributed by atoms with van der Waals surface area (Å²) in [4.78, 5) is 19.1. The molecule has 1 fully saturated rings. The summed E-state index contributed by atoms with van der Waals surface area (Å²) in [5.74, 6) is -2.70. The van der Waals surface area contributed by atoms with Crippen LogP contribution in [0.4, 0.5) is 31.5 Å². The summed E-state index contributed by atoms with van der Waals surface area (Å²) in [6.45, 7) is 0.0918. The highest BCUT2D eigenvalue weighted by Gasteiger charge is 2.43. The van der Waals surface area contributed by atoms with Crippen molar-refractivity contribution in [3.8, 4) is 5.75 Å². The third kappa shape index (κ3) is 4.82. The van der Waals surface area contributed by atoms with Gasteiger partial charge in [0.25, 0.3) is 5.92 Å². The van der Waals surface area contributed by atoms with E-state index in [-0.39, 0.29) is 24.6 Å². The summed E-state index contributed by atoms with van der Waals surface area (Å²) in [6, 6.07) is 15.1. The minimum Gasteiger partial charge on any atom is -0.493 e. The molecule has 0 spiro atoms. The van der Waals surface area contributed by atoms with Gasteiger partial charge in [-0.3, -0.25) is 4.98 Å². The predicted molar refractivity (Wildman–Crippen MR) is 135 cm³/mol. The number of pyridine rings is 1. The summed E-state index contributed by atoms with van der Waals surface area (Å²) in [6.07, 6.45) is 7.49. The number of ether oxygens (including phenoxy) is 1. The number of aromatic carboxylic acids is 1. The van der Waals surface area contributed by atoms with Crippen molar-refractivity contribution in [2.45, 2.75) is 18.3 Å². The van der Waals surface area contributed by atoms with Crippen LogP contribution in [0.1, 0.15) is 28.3 Å². The Bertz CT molecular complexity index is 1290. The Kier molecular flexibility index (Phi) is 6.22. The number of benzene rings is 2. The van der Waals surface area contributed by atoms with E-state index in [1.165, 1.54) is 18.5 Å². The minimum atomic E-state index is -2.60. The quantitative estimate of drug-likeness (QED) is 0.451. The number of nitrogens with zero attached hydrogens (tertiary/aromatic N) is 3. The van der Waals surface area contributed by atoms with Gasteiger partial charge in [-0.1, -0.05) is 12.1 Å². The van der Waals surface area contributed by atoms with Crippen molar-refractivity contribution in [1.82, 2.24) is 4.98 Å². The summed E-state index contributed by atoms with van der Waals surface area (Å²) in [5.41, 5.74) is 4.31. The van der Waals surface area contributed by atoms with Crippen LogP contribution < -0.4 is 19.9 Å². The highest BCUT2D eigenvalue weighted by atomic mass is 19.3. The predicted octanol–water partition coefficient (Wildman–Crippen LogP) is 5.49. The van der Waals surface area contributed by atoms with Crippen molar-refractivity contribution in [3.63, 3.8) is 0 Å². The average molecular weight is 493 g/mol. The second-order valence-electron chi connectivity index (χ2n) is 8.98. The van der Waals surface area contributed by atoms with Gasteiger partial charge in [-0.15, -0.1) is 0 Å². The van der Waals surface area contributed by atoms with Gasteiger partial charge in [-0.05, 0) is 49.0 Å². The number of carboxylic acid groups (broad SMARTS) is 1. The molecule has 2 aliphatic rings. The van der Waals surface area contributed by atoms with Crippen molar-refractivity contribution in [2.75, 3.05) is 41.9 Å². The first-order valence-corrected chi connectivity index (χ1v) is 11.6. The van der Waals surface area contributed by atoms with Crippen LogP contribution in [-0.4, -0.2) is 48.7 Å². The zero-order valence-corrected chi connectivity index (χ0v) is 19.7. The summed E-state index contributed by atoms with van der Waals surface area (Å²) in [5, 5.41) is 12.4. The number of hydrogen-bond acceptors (Lipinski definition) is 6. The van der Waals surface area contributed by atoms with E-state index in [2.05, 4.69) is 10.3 Å². The summed E-state index contributed by atoms with van der Waals surface area (Å²) >= 11 is 0. The Morgan fingerprint density at radius 1 is 1.19 bits per heavy atom. The van der Waals surface area contributed by atoms with E-state index < -0.39 is 11.9 Å². The van der Waals surface area contributed by atoms with Crippen molar-refractivity contribution in [2.24, 2.45) is 0 Å². The maximum Gasteiger partial charge on any atom is 0.337 e. The van der Waals surface area contributed by atoms with Gasteiger partial charge in [-0.25, -0.2) is 13.6 Å². The van der Waals surface area contributed by atoms with Crippen LogP contribution in [0.5, 0.6) is 5.75 Å². The zero-order valence-electron chi connectivity index (χ0n) is 19.7. The maximum atomic E-state index is 13.2. The molecule has 1 saturated heterocycles. The molecule has 186 valence electrons. The van der Waals surface area contributed by atoms with Crippen LogP contribution in [0.3, 0.4) is 0 Å². The molecule has 7 nitrogen and oxygen atoms in total. The van der Waals surface area contributed by atoms with Crippen LogP contribution >= 0.6 is 0 Å². The van der Waals surface area contributed by atoms with Gasteiger partial charge in [0.1, 0.15) is 5.75 Å². The number of rotatable bonds is 7. The molecule has 0 saturated carbocycles. The van der Waals surface area contributed by atoms with Gasteiger partial charge in [0, 0.05) is 47.9 Å². The largest absolute Gasteiger partial charge is 0.493 e. The van der Waals surface area contributed by atoms with E-state index in [0.29, 0.717) is 12.3 Å². The number of hydrogen-bond donors (Lipinski definition) is 2. The Morgan fingerprint density at radius 2 is 1.94 bits per heavy atom. The topological polar surface area (TPSA) is 77.9 Å². The first-order valence-electron chi connectivity index (χ1n) is 11.6. The molecule has 36 heavy (non-hydrogen) atoms. The molecule has 0 aliphatic carbocycles. The molecule has 3 aromatic rings. The molecule has 1 atom stereocenters. The Labute approximate surface area is 207 Å². The Hall–Kier alpha value is -4.14. The molecule has 2 aromatic carbocycles. The standard InChI is InChI=1S/C27H26F2N4O3/c1-32(19-2-4-20(5-3-19)33-16-27(28,29)17-33)21-6-7-22-18(10-13-36-25(22)14-21)8-12-31-24-15-30-11-9-23(24)26(34)35/h2-9,11-12,14-15,18,31H,10,13,16-17H2,1H3,(H,34,35)/b12-8+. The van der Waals surface area contributed by atoms with Crippen LogP contribution in [0.2, 0.25) is 0 Å². The molecular weight excluding hydrogens is 466 g/mol. The molecule has 1 aromatic heterocycles. The maximum absolute atomic E-state index is 13.2. The molecular formula is C27H26F2N4O3. The minimum absolute atomic E-state index is 0.111. The van der Waals surface area contributed by atoms with Gasteiger partial charge < -0.3 is 25.0 Å². The number of anilines is 4. The lowest BCUT2D eigenvalue weighted by Gasteiger charge is -2.40. The smallest absolute Gasteiger partial charge is 0.337 e. The summed E-state index contributed by atoms with van der Waals surface area (Å²) in [7, 11) is 1.95. The molecule has 0 bridgehead atoms. The van der Waals surface area contributed by atoms with Gasteiger partial charge >= 0.3 is 5.97 Å². The fraction of sp³-hybridized carbons (Fsp3) is 0.259. The molecule has 9 heteroatoms. The number of alkyl halides is 2. The lowest BCUT2D eigenvalue weighted by molar-refractivity contribution is -0.0262. The average Bonchev–Trinajstić information content (AvgIpc) is 2.87. The molecule has 0 amide bonds. The van der Waals surface area contributed by atoms with Gasteiger partial charge in [-0.2, -0.15) is 0 Å². The SMILES string of the molecule is CN(c1ccc(N2CC(F)(F)C2)cc1)c1ccc2c(c1)OCCC2/C=C/Nc1cnccc1C(=O)O. The fourth-order valence-electron chi connectivity index (χ4n) is 4.50. The van der Waals surface area contributed by atoms with Gasteiger partial charge in [0.05, 0.1) is 37.1 Å². The normalized spacial score (nSPS) is 18.2. The van der Waals surface area contributed by atoms with Crippen LogP contribution in [0, 0.1) is 0 Å². The van der Waals surface area contributed by atoms with Gasteiger partial charge in [0.15, 0.2) is 0 Å². The van der Waals surface area contributed by atoms with E-state index in [1.807, 2.05) is 60.5 Å². The van der Waals surface area contributed by atoms with E-state index in [9.17, 15) is 18.7 Å². The van der Waals surface area contributed by atoms with Crippen LogP contribution in [0.25, 0.3) is 0 Å². The lowest BCUT2D eigenvalue weighted by Crippen LogP contribution is -2.56. The second-order valence-corrected chi connectivity index (χ2v) is 8.98. The lowest BCUT2D eigenvalue weighted by atomic mass is 9.92. The first-order chi connectivity index (χ1) is 17.3. The van der Waals surface area contributed by atoms with Crippen molar-refractivity contribution in [3.05, 3.63) is 84.3 Å². The number of nitrogens with one attached hydrogen (secondary N) is 1. The number of allylic oxidation sites excluding steroid dienone is 1.